The maximum Gasteiger partial charge on any atom is 0.275 e. The number of carbonyl (C=O) groups is 1. The number of carbonyl (C=O) groups excluding carboxylic acids is 1. The van der Waals surface area contributed by atoms with Crippen LogP contribution < -0.4 is 20.5 Å². The highest BCUT2D eigenvalue weighted by molar-refractivity contribution is 6.30. The predicted octanol–water partition coefficient (Wildman–Crippen LogP) is 2.16. The van der Waals surface area contributed by atoms with Crippen LogP contribution in [0.4, 0.5) is 5.82 Å². The van der Waals surface area contributed by atoms with Gasteiger partial charge in [-0.3, -0.25) is 4.79 Å². The maximum atomic E-state index is 12.4. The van der Waals surface area contributed by atoms with E-state index < -0.39 is 5.91 Å². The first-order valence-electron chi connectivity index (χ1n) is 7.75. The fraction of sp³-hybridized carbons (Fsp3) is 0.118. The van der Waals surface area contributed by atoms with Gasteiger partial charge in [0.2, 0.25) is 6.79 Å². The lowest BCUT2D eigenvalue weighted by molar-refractivity contribution is 0.0946. The monoisotopic (exact) mass is 371 g/mol. The molecule has 1 aliphatic rings. The molecule has 1 aromatic heterocycles. The summed E-state index contributed by atoms with van der Waals surface area (Å²) in [6.07, 6.45) is 0. The van der Waals surface area contributed by atoms with Crippen molar-refractivity contribution in [3.63, 3.8) is 0 Å². The Labute approximate surface area is 153 Å². The number of nitrogens with zero attached hydrogens (tertiary/aromatic N) is 3. The number of rotatable bonds is 4. The number of anilines is 1. The Morgan fingerprint density at radius 1 is 1.19 bits per heavy atom. The van der Waals surface area contributed by atoms with Gasteiger partial charge in [0, 0.05) is 11.6 Å². The van der Waals surface area contributed by atoms with E-state index in [9.17, 15) is 4.79 Å². The van der Waals surface area contributed by atoms with Crippen LogP contribution in [0, 0.1) is 0 Å². The van der Waals surface area contributed by atoms with Crippen molar-refractivity contribution < 1.29 is 14.3 Å². The van der Waals surface area contributed by atoms with Gasteiger partial charge < -0.3 is 20.5 Å². The second-order valence-corrected chi connectivity index (χ2v) is 6.02. The molecule has 0 aliphatic carbocycles. The number of ether oxygens (including phenoxy) is 2. The molecule has 3 aromatic rings. The van der Waals surface area contributed by atoms with Crippen molar-refractivity contribution >= 4 is 23.3 Å². The SMILES string of the molecule is Nc1c(C(=O)NCc2ccc3c(c2)OCO3)nnn1-c1ccc(Cl)cc1. The molecule has 0 saturated carbocycles. The molecular weight excluding hydrogens is 358 g/mol. The molecule has 0 saturated heterocycles. The number of fused-ring (bicyclic) bond motifs is 1. The summed E-state index contributed by atoms with van der Waals surface area (Å²) < 4.78 is 12.0. The van der Waals surface area contributed by atoms with Crippen molar-refractivity contribution in [2.45, 2.75) is 6.54 Å². The number of benzene rings is 2. The standard InChI is InChI=1S/C17H14ClN5O3/c18-11-2-4-12(5-3-11)23-16(19)15(21-22-23)17(24)20-8-10-1-6-13-14(7-10)26-9-25-13/h1-7H,8-9,19H2,(H,20,24). The third-order valence-corrected chi connectivity index (χ3v) is 4.13. The number of nitrogens with one attached hydrogen (secondary N) is 1. The molecule has 0 fully saturated rings. The third-order valence-electron chi connectivity index (χ3n) is 3.88. The molecule has 1 amide bonds. The Hall–Kier alpha value is -3.26. The number of nitrogen functional groups attached to an aromatic ring is 1. The van der Waals surface area contributed by atoms with Gasteiger partial charge in [-0.15, -0.1) is 5.10 Å². The zero-order valence-corrected chi connectivity index (χ0v) is 14.2. The molecule has 0 unspecified atom stereocenters. The van der Waals surface area contributed by atoms with Gasteiger partial charge in [-0.25, -0.2) is 0 Å². The summed E-state index contributed by atoms with van der Waals surface area (Å²) in [6, 6.07) is 12.4. The summed E-state index contributed by atoms with van der Waals surface area (Å²) in [7, 11) is 0. The Morgan fingerprint density at radius 2 is 1.96 bits per heavy atom. The van der Waals surface area contributed by atoms with E-state index in [1.807, 2.05) is 12.1 Å². The van der Waals surface area contributed by atoms with Gasteiger partial charge in [-0.2, -0.15) is 4.68 Å². The van der Waals surface area contributed by atoms with Crippen LogP contribution in [-0.2, 0) is 6.54 Å². The number of hydrogen-bond donors (Lipinski definition) is 2. The summed E-state index contributed by atoms with van der Waals surface area (Å²) in [5.74, 6) is 1.08. The Bertz CT molecular complexity index is 971. The lowest BCUT2D eigenvalue weighted by Crippen LogP contribution is -2.24. The summed E-state index contributed by atoms with van der Waals surface area (Å²) in [4.78, 5) is 12.4. The second kappa shape index (κ2) is 6.57. The van der Waals surface area contributed by atoms with Crippen LogP contribution in [-0.4, -0.2) is 27.7 Å². The average molecular weight is 372 g/mol. The van der Waals surface area contributed by atoms with E-state index in [4.69, 9.17) is 26.8 Å². The Balaban J connectivity index is 1.47. The normalized spacial score (nSPS) is 12.2. The molecule has 9 heteroatoms. The fourth-order valence-corrected chi connectivity index (χ4v) is 2.67. The van der Waals surface area contributed by atoms with Crippen LogP contribution in [0.15, 0.2) is 42.5 Å². The molecule has 0 atom stereocenters. The van der Waals surface area contributed by atoms with Gasteiger partial charge in [0.15, 0.2) is 23.0 Å². The first-order valence-corrected chi connectivity index (χ1v) is 8.13. The van der Waals surface area contributed by atoms with E-state index in [1.165, 1.54) is 4.68 Å². The number of nitrogens with two attached hydrogens (primary N) is 1. The van der Waals surface area contributed by atoms with Crippen LogP contribution in [0.1, 0.15) is 16.1 Å². The van der Waals surface area contributed by atoms with Gasteiger partial charge in [0.1, 0.15) is 0 Å². The molecule has 3 N–H and O–H groups in total. The first-order chi connectivity index (χ1) is 12.6. The molecule has 0 bridgehead atoms. The zero-order chi connectivity index (χ0) is 18.1. The van der Waals surface area contributed by atoms with E-state index in [0.717, 1.165) is 5.56 Å². The van der Waals surface area contributed by atoms with Gasteiger partial charge in [-0.1, -0.05) is 22.9 Å². The van der Waals surface area contributed by atoms with Crippen molar-refractivity contribution in [1.29, 1.82) is 0 Å². The van der Waals surface area contributed by atoms with E-state index in [-0.39, 0.29) is 18.3 Å². The number of amides is 1. The zero-order valence-electron chi connectivity index (χ0n) is 13.5. The second-order valence-electron chi connectivity index (χ2n) is 5.58. The highest BCUT2D eigenvalue weighted by Crippen LogP contribution is 2.32. The van der Waals surface area contributed by atoms with Gasteiger partial charge in [0.25, 0.3) is 5.91 Å². The summed E-state index contributed by atoms with van der Waals surface area (Å²) in [5.41, 5.74) is 7.61. The lowest BCUT2D eigenvalue weighted by Gasteiger charge is -2.06. The quantitative estimate of drug-likeness (QED) is 0.728. The number of hydrogen-bond acceptors (Lipinski definition) is 6. The van der Waals surface area contributed by atoms with Gasteiger partial charge >= 0.3 is 0 Å². The summed E-state index contributed by atoms with van der Waals surface area (Å²) >= 11 is 5.87. The topological polar surface area (TPSA) is 104 Å². The summed E-state index contributed by atoms with van der Waals surface area (Å²) in [5, 5.41) is 11.2. The van der Waals surface area contributed by atoms with Crippen molar-refractivity contribution in [2.24, 2.45) is 0 Å². The van der Waals surface area contributed by atoms with Crippen molar-refractivity contribution in [1.82, 2.24) is 20.3 Å². The van der Waals surface area contributed by atoms with Crippen LogP contribution in [0.5, 0.6) is 11.5 Å². The van der Waals surface area contributed by atoms with Crippen molar-refractivity contribution in [3.05, 3.63) is 58.7 Å². The molecule has 2 heterocycles. The largest absolute Gasteiger partial charge is 0.454 e. The first kappa shape index (κ1) is 16.2. The highest BCUT2D eigenvalue weighted by Gasteiger charge is 2.19. The maximum absolute atomic E-state index is 12.4. The number of halogens is 1. The molecule has 0 spiro atoms. The van der Waals surface area contributed by atoms with Crippen LogP contribution in [0.3, 0.4) is 0 Å². The van der Waals surface area contributed by atoms with E-state index in [0.29, 0.717) is 28.8 Å². The smallest absolute Gasteiger partial charge is 0.275 e. The molecule has 26 heavy (non-hydrogen) atoms. The molecule has 132 valence electrons. The number of aromatic nitrogens is 3. The minimum Gasteiger partial charge on any atom is -0.454 e. The van der Waals surface area contributed by atoms with Crippen LogP contribution in [0.2, 0.25) is 5.02 Å². The molecule has 8 nitrogen and oxygen atoms in total. The lowest BCUT2D eigenvalue weighted by atomic mass is 10.2. The Morgan fingerprint density at radius 3 is 2.77 bits per heavy atom. The molecule has 0 radical (unpaired) electrons. The highest BCUT2D eigenvalue weighted by atomic mass is 35.5. The average Bonchev–Trinajstić information content (AvgIpc) is 3.26. The van der Waals surface area contributed by atoms with Crippen molar-refractivity contribution in [2.75, 3.05) is 12.5 Å². The van der Waals surface area contributed by atoms with E-state index in [2.05, 4.69) is 15.6 Å². The minimum absolute atomic E-state index is 0.0562. The molecule has 1 aliphatic heterocycles. The van der Waals surface area contributed by atoms with Crippen molar-refractivity contribution in [3.8, 4) is 17.2 Å². The molecule has 4 rings (SSSR count). The Kier molecular flexibility index (Phi) is 4.10. The van der Waals surface area contributed by atoms with Crippen LogP contribution >= 0.6 is 11.6 Å². The third kappa shape index (κ3) is 3.02. The van der Waals surface area contributed by atoms with Gasteiger partial charge in [-0.05, 0) is 42.0 Å². The summed E-state index contributed by atoms with van der Waals surface area (Å²) in [6.45, 7) is 0.498. The van der Waals surface area contributed by atoms with Crippen LogP contribution in [0.25, 0.3) is 5.69 Å². The van der Waals surface area contributed by atoms with E-state index >= 15 is 0 Å². The minimum atomic E-state index is -0.416. The molecular formula is C17H14ClN5O3. The van der Waals surface area contributed by atoms with Gasteiger partial charge in [0.05, 0.1) is 5.69 Å². The van der Waals surface area contributed by atoms with E-state index in [1.54, 1.807) is 30.3 Å². The fourth-order valence-electron chi connectivity index (χ4n) is 2.54. The molecule has 2 aromatic carbocycles. The predicted molar refractivity (Wildman–Crippen MR) is 94.5 cm³/mol.